The molecule has 1 aliphatic rings. The van der Waals surface area contributed by atoms with Crippen LogP contribution in [0.5, 0.6) is 0 Å². The van der Waals surface area contributed by atoms with E-state index in [4.69, 9.17) is 23.1 Å². The molecule has 1 fully saturated rings. The van der Waals surface area contributed by atoms with Crippen LogP contribution in [-0.4, -0.2) is 42.4 Å². The second-order valence-corrected chi connectivity index (χ2v) is 8.03. The molecule has 1 aliphatic heterocycles. The van der Waals surface area contributed by atoms with Crippen LogP contribution >= 0.6 is 11.6 Å². The number of likely N-dealkylation sites (tertiary alicyclic amines) is 1. The van der Waals surface area contributed by atoms with Gasteiger partial charge in [-0.1, -0.05) is 17.7 Å². The van der Waals surface area contributed by atoms with E-state index in [9.17, 15) is 22.8 Å². The first-order chi connectivity index (χ1) is 15.0. The van der Waals surface area contributed by atoms with E-state index in [0.29, 0.717) is 29.9 Å². The number of carbonyl (C=O) groups excluding carboxylic acids is 2. The summed E-state index contributed by atoms with van der Waals surface area (Å²) < 4.78 is 38.6. The Hall–Kier alpha value is -2.98. The maximum atomic E-state index is 12.9. The van der Waals surface area contributed by atoms with Gasteiger partial charge >= 0.3 is 6.18 Å². The Kier molecular flexibility index (Phi) is 7.15. The monoisotopic (exact) mass is 469 g/mol. The highest BCUT2D eigenvalue weighted by Crippen LogP contribution is 2.31. The van der Waals surface area contributed by atoms with Crippen molar-refractivity contribution in [2.75, 3.05) is 31.1 Å². The van der Waals surface area contributed by atoms with Gasteiger partial charge in [0.15, 0.2) is 0 Å². The smallest absolute Gasteiger partial charge is 0.398 e. The highest BCUT2D eigenvalue weighted by molar-refractivity contribution is 6.33. The second-order valence-electron chi connectivity index (χ2n) is 7.63. The molecule has 2 amide bonds. The molecule has 3 rings (SSSR count). The number of benzene rings is 2. The molecule has 0 aliphatic carbocycles. The lowest BCUT2D eigenvalue weighted by molar-refractivity contribution is -0.137. The van der Waals surface area contributed by atoms with E-state index in [1.807, 2.05) is 12.1 Å². The molecule has 1 saturated heterocycles. The van der Waals surface area contributed by atoms with Gasteiger partial charge in [-0.2, -0.15) is 13.2 Å². The maximum absolute atomic E-state index is 12.9. The minimum atomic E-state index is -4.60. The number of hydrogen-bond acceptors (Lipinski definition) is 5. The SMILES string of the molecule is Nc1cc(CN2CC[C@@H](NC(=O)CNC(=O)c3cc(C(F)(F)F)ccc3N)C2)ccc1Cl. The average Bonchev–Trinajstić information content (AvgIpc) is 3.15. The van der Waals surface area contributed by atoms with Crippen LogP contribution in [0.1, 0.15) is 27.9 Å². The van der Waals surface area contributed by atoms with Crippen LogP contribution in [0.25, 0.3) is 0 Å². The number of anilines is 2. The van der Waals surface area contributed by atoms with E-state index in [-0.39, 0.29) is 23.8 Å². The fourth-order valence-electron chi connectivity index (χ4n) is 3.51. The van der Waals surface area contributed by atoms with Gasteiger partial charge in [0.1, 0.15) is 0 Å². The van der Waals surface area contributed by atoms with Crippen LogP contribution in [0.2, 0.25) is 5.02 Å². The largest absolute Gasteiger partial charge is 0.416 e. The van der Waals surface area contributed by atoms with Gasteiger partial charge in [-0.25, -0.2) is 0 Å². The topological polar surface area (TPSA) is 113 Å². The number of halogens is 4. The lowest BCUT2D eigenvalue weighted by atomic mass is 10.1. The van der Waals surface area contributed by atoms with Crippen LogP contribution in [0, 0.1) is 0 Å². The second kappa shape index (κ2) is 9.66. The Bertz CT molecular complexity index is 1020. The number of nitrogens with two attached hydrogens (primary N) is 2. The molecule has 2 aromatic rings. The summed E-state index contributed by atoms with van der Waals surface area (Å²) in [6, 6.07) is 7.80. The lowest BCUT2D eigenvalue weighted by Gasteiger charge is -2.17. The van der Waals surface area contributed by atoms with Crippen molar-refractivity contribution >= 4 is 34.8 Å². The van der Waals surface area contributed by atoms with Crippen LogP contribution in [0.3, 0.4) is 0 Å². The molecular weight excluding hydrogens is 447 g/mol. The quantitative estimate of drug-likeness (QED) is 0.486. The Morgan fingerprint density at radius 3 is 2.56 bits per heavy atom. The van der Waals surface area contributed by atoms with Crippen molar-refractivity contribution in [3.63, 3.8) is 0 Å². The fraction of sp³-hybridized carbons (Fsp3) is 0.333. The number of hydrogen-bond donors (Lipinski definition) is 4. The summed E-state index contributed by atoms with van der Waals surface area (Å²) in [6.07, 6.45) is -3.88. The summed E-state index contributed by atoms with van der Waals surface area (Å²) in [4.78, 5) is 26.6. The Labute approximate surface area is 187 Å². The zero-order chi connectivity index (χ0) is 23.5. The third-order valence-corrected chi connectivity index (χ3v) is 5.48. The zero-order valence-electron chi connectivity index (χ0n) is 17.0. The third kappa shape index (κ3) is 6.04. The van der Waals surface area contributed by atoms with Crippen LogP contribution in [-0.2, 0) is 17.5 Å². The lowest BCUT2D eigenvalue weighted by Crippen LogP contribution is -2.43. The first-order valence-corrected chi connectivity index (χ1v) is 10.2. The molecule has 11 heteroatoms. The highest BCUT2D eigenvalue weighted by Gasteiger charge is 2.31. The molecule has 6 N–H and O–H groups in total. The van der Waals surface area contributed by atoms with E-state index < -0.39 is 23.6 Å². The third-order valence-electron chi connectivity index (χ3n) is 5.14. The number of amides is 2. The fourth-order valence-corrected chi connectivity index (χ4v) is 3.63. The van der Waals surface area contributed by atoms with Crippen molar-refractivity contribution in [3.8, 4) is 0 Å². The first-order valence-electron chi connectivity index (χ1n) is 9.83. The molecule has 2 aromatic carbocycles. The number of nitrogens with one attached hydrogen (secondary N) is 2. The van der Waals surface area contributed by atoms with Gasteiger partial charge in [0, 0.05) is 31.4 Å². The normalized spacial score (nSPS) is 16.7. The van der Waals surface area contributed by atoms with Crippen molar-refractivity contribution in [2.24, 2.45) is 0 Å². The van der Waals surface area contributed by atoms with Gasteiger partial charge in [0.25, 0.3) is 5.91 Å². The number of rotatable bonds is 6. The molecule has 0 radical (unpaired) electrons. The molecule has 0 saturated carbocycles. The standard InChI is InChI=1S/C21H23ClF3N5O2/c22-16-3-1-12(7-18(16)27)10-30-6-5-14(11-30)29-19(31)9-28-20(32)15-8-13(21(23,24)25)2-4-17(15)26/h1-4,7-8,14H,5-6,9-11,26-27H2,(H,28,32)(H,29,31)/t14-/m1/s1. The van der Waals surface area contributed by atoms with Crippen molar-refractivity contribution in [3.05, 3.63) is 58.1 Å². The first kappa shape index (κ1) is 23.7. The van der Waals surface area contributed by atoms with E-state index >= 15 is 0 Å². The molecule has 0 unspecified atom stereocenters. The Morgan fingerprint density at radius 2 is 1.88 bits per heavy atom. The molecule has 1 atom stereocenters. The van der Waals surface area contributed by atoms with E-state index in [0.717, 1.165) is 30.7 Å². The zero-order valence-corrected chi connectivity index (χ0v) is 17.8. The van der Waals surface area contributed by atoms with E-state index in [2.05, 4.69) is 15.5 Å². The van der Waals surface area contributed by atoms with Gasteiger partial charge in [-0.05, 0) is 42.3 Å². The number of nitrogen functional groups attached to an aromatic ring is 2. The van der Waals surface area contributed by atoms with Crippen molar-refractivity contribution in [1.82, 2.24) is 15.5 Å². The minimum Gasteiger partial charge on any atom is -0.398 e. The van der Waals surface area contributed by atoms with Crippen LogP contribution < -0.4 is 22.1 Å². The highest BCUT2D eigenvalue weighted by atomic mass is 35.5. The van der Waals surface area contributed by atoms with Crippen molar-refractivity contribution < 1.29 is 22.8 Å². The Morgan fingerprint density at radius 1 is 1.12 bits per heavy atom. The van der Waals surface area contributed by atoms with E-state index in [1.54, 1.807) is 6.07 Å². The molecular formula is C21H23ClF3N5O2. The number of carbonyl (C=O) groups is 2. The predicted molar refractivity (Wildman–Crippen MR) is 116 cm³/mol. The molecule has 0 aromatic heterocycles. The Balaban J connectivity index is 1.48. The number of alkyl halides is 3. The van der Waals surface area contributed by atoms with Gasteiger partial charge in [-0.15, -0.1) is 0 Å². The minimum absolute atomic E-state index is 0.106. The van der Waals surface area contributed by atoms with Gasteiger partial charge in [-0.3, -0.25) is 14.5 Å². The summed E-state index contributed by atoms with van der Waals surface area (Å²) in [5, 5.41) is 5.63. The molecule has 1 heterocycles. The molecule has 172 valence electrons. The van der Waals surface area contributed by atoms with Crippen molar-refractivity contribution in [2.45, 2.75) is 25.2 Å². The van der Waals surface area contributed by atoms with E-state index in [1.165, 1.54) is 0 Å². The van der Waals surface area contributed by atoms with Gasteiger partial charge < -0.3 is 22.1 Å². The van der Waals surface area contributed by atoms with Crippen molar-refractivity contribution in [1.29, 1.82) is 0 Å². The molecule has 0 bridgehead atoms. The van der Waals surface area contributed by atoms with Crippen LogP contribution in [0.4, 0.5) is 24.5 Å². The summed E-state index contributed by atoms with van der Waals surface area (Å²) in [7, 11) is 0. The molecule has 0 spiro atoms. The summed E-state index contributed by atoms with van der Waals surface area (Å²) in [5.74, 6) is -1.29. The summed E-state index contributed by atoms with van der Waals surface area (Å²) in [6.45, 7) is 1.65. The van der Waals surface area contributed by atoms with Gasteiger partial charge in [0.05, 0.1) is 28.4 Å². The summed E-state index contributed by atoms with van der Waals surface area (Å²) in [5.41, 5.74) is 11.5. The molecule has 32 heavy (non-hydrogen) atoms. The maximum Gasteiger partial charge on any atom is 0.416 e. The number of nitrogens with zero attached hydrogens (tertiary/aromatic N) is 1. The van der Waals surface area contributed by atoms with Gasteiger partial charge in [0.2, 0.25) is 5.91 Å². The molecule has 7 nitrogen and oxygen atoms in total. The predicted octanol–water partition coefficient (Wildman–Crippen LogP) is 2.64. The average molecular weight is 470 g/mol. The summed E-state index contributed by atoms with van der Waals surface area (Å²) >= 11 is 5.93. The van der Waals surface area contributed by atoms with Crippen LogP contribution in [0.15, 0.2) is 36.4 Å².